The van der Waals surface area contributed by atoms with Crippen molar-refractivity contribution in [2.24, 2.45) is 7.05 Å². The maximum Gasteiger partial charge on any atom is 0.272 e. The number of para-hydroxylation sites is 1. The number of halogens is 1. The Morgan fingerprint density at radius 2 is 1.84 bits per heavy atom. The number of methoxy groups -OCH3 is 1. The standard InChI is InChI=1S/C26H32IN3O6S/c1-26(2,27)17-14-19(24(34-4)20(15-17)29-37(5,32)33)28-25(31)21-13-16-7-6-8-22(23(16)30(21)3)36-18-9-11-35-12-10-18/h6-8,13-15,18,29H,9-12H2,1-5H3,(H,28,31). The number of benzene rings is 2. The molecule has 0 saturated carbocycles. The molecule has 200 valence electrons. The minimum Gasteiger partial charge on any atom is -0.492 e. The second-order valence-electron chi connectivity index (χ2n) is 9.62. The fourth-order valence-electron chi connectivity index (χ4n) is 4.41. The third-order valence-electron chi connectivity index (χ3n) is 6.24. The molecule has 1 amide bonds. The number of nitrogens with one attached hydrogen (secondary N) is 2. The molecule has 0 bridgehead atoms. The van der Waals surface area contributed by atoms with Crippen molar-refractivity contribution in [1.29, 1.82) is 0 Å². The molecular weight excluding hydrogens is 609 g/mol. The summed E-state index contributed by atoms with van der Waals surface area (Å²) in [5.41, 5.74) is 2.70. The van der Waals surface area contributed by atoms with Gasteiger partial charge < -0.3 is 24.1 Å². The van der Waals surface area contributed by atoms with Crippen molar-refractivity contribution in [2.45, 2.75) is 36.2 Å². The van der Waals surface area contributed by atoms with Crippen LogP contribution in [0.15, 0.2) is 36.4 Å². The van der Waals surface area contributed by atoms with Crippen LogP contribution in [0.3, 0.4) is 0 Å². The van der Waals surface area contributed by atoms with E-state index in [0.29, 0.717) is 24.6 Å². The van der Waals surface area contributed by atoms with Gasteiger partial charge in [-0.15, -0.1) is 0 Å². The lowest BCUT2D eigenvalue weighted by atomic mass is 10.0. The average molecular weight is 642 g/mol. The van der Waals surface area contributed by atoms with E-state index in [1.807, 2.05) is 49.7 Å². The number of hydrogen-bond acceptors (Lipinski definition) is 6. The summed E-state index contributed by atoms with van der Waals surface area (Å²) in [6.07, 6.45) is 2.78. The van der Waals surface area contributed by atoms with E-state index < -0.39 is 10.0 Å². The molecule has 2 N–H and O–H groups in total. The Morgan fingerprint density at radius 1 is 1.16 bits per heavy atom. The molecule has 2 aromatic carbocycles. The summed E-state index contributed by atoms with van der Waals surface area (Å²) in [6.45, 7) is 5.34. The fourth-order valence-corrected chi connectivity index (χ4v) is 5.27. The van der Waals surface area contributed by atoms with Crippen LogP contribution in [0, 0.1) is 0 Å². The maximum atomic E-state index is 13.5. The third-order valence-corrected chi connectivity index (χ3v) is 7.45. The third kappa shape index (κ3) is 6.32. The maximum absolute atomic E-state index is 13.5. The van der Waals surface area contributed by atoms with Crippen LogP contribution in [0.5, 0.6) is 11.5 Å². The lowest BCUT2D eigenvalue weighted by molar-refractivity contribution is 0.0260. The molecule has 0 aliphatic carbocycles. The molecule has 9 nitrogen and oxygen atoms in total. The molecule has 2 heterocycles. The molecule has 4 rings (SSSR count). The van der Waals surface area contributed by atoms with Crippen molar-refractivity contribution in [1.82, 2.24) is 4.57 Å². The molecule has 11 heteroatoms. The number of sulfonamides is 1. The van der Waals surface area contributed by atoms with E-state index in [0.717, 1.165) is 41.3 Å². The largest absolute Gasteiger partial charge is 0.492 e. The Kier molecular flexibility index (Phi) is 7.96. The second-order valence-corrected chi connectivity index (χ2v) is 14.1. The first-order valence-corrected chi connectivity index (χ1v) is 14.9. The lowest BCUT2D eigenvalue weighted by Gasteiger charge is -2.24. The molecule has 0 unspecified atom stereocenters. The van der Waals surface area contributed by atoms with Crippen molar-refractivity contribution in [3.8, 4) is 11.5 Å². The van der Waals surface area contributed by atoms with Gasteiger partial charge in [0.25, 0.3) is 5.91 Å². The van der Waals surface area contributed by atoms with Gasteiger partial charge in [-0.05, 0) is 43.7 Å². The molecule has 1 saturated heterocycles. The molecule has 1 aliphatic rings. The highest BCUT2D eigenvalue weighted by Gasteiger charge is 2.25. The van der Waals surface area contributed by atoms with Gasteiger partial charge in [-0.2, -0.15) is 0 Å². The van der Waals surface area contributed by atoms with E-state index in [4.69, 9.17) is 14.2 Å². The second kappa shape index (κ2) is 10.7. The number of hydrogen-bond donors (Lipinski definition) is 2. The average Bonchev–Trinajstić information content (AvgIpc) is 3.15. The highest BCUT2D eigenvalue weighted by atomic mass is 127. The van der Waals surface area contributed by atoms with Crippen molar-refractivity contribution in [3.05, 3.63) is 47.7 Å². The topological polar surface area (TPSA) is 108 Å². The van der Waals surface area contributed by atoms with Crippen LogP contribution in [0.4, 0.5) is 11.4 Å². The Hall–Kier alpha value is -2.51. The number of rotatable bonds is 8. The number of carbonyl (C=O) groups excluding carboxylic acids is 1. The quantitative estimate of drug-likeness (QED) is 0.264. The summed E-state index contributed by atoms with van der Waals surface area (Å²) < 4.78 is 45.3. The number of fused-ring (bicyclic) bond motifs is 1. The number of alkyl halides is 1. The van der Waals surface area contributed by atoms with Crippen molar-refractivity contribution in [3.63, 3.8) is 0 Å². The van der Waals surface area contributed by atoms with Gasteiger partial charge in [0.1, 0.15) is 17.5 Å². The highest BCUT2D eigenvalue weighted by Crippen LogP contribution is 2.41. The van der Waals surface area contributed by atoms with E-state index in [2.05, 4.69) is 32.6 Å². The van der Waals surface area contributed by atoms with Gasteiger partial charge in [0.05, 0.1) is 43.5 Å². The Balaban J connectivity index is 1.72. The number of aromatic nitrogens is 1. The number of ether oxygens (including phenoxy) is 3. The molecule has 37 heavy (non-hydrogen) atoms. The van der Waals surface area contributed by atoms with E-state index in [-0.39, 0.29) is 26.9 Å². The van der Waals surface area contributed by atoms with Gasteiger partial charge >= 0.3 is 0 Å². The SMILES string of the molecule is COc1c(NC(=O)c2cc3cccc(OC4CCOCC4)c3n2C)cc(C(C)(C)I)cc1NS(C)(=O)=O. The van der Waals surface area contributed by atoms with Crippen LogP contribution >= 0.6 is 22.6 Å². The Morgan fingerprint density at radius 3 is 2.46 bits per heavy atom. The van der Waals surface area contributed by atoms with E-state index >= 15 is 0 Å². The van der Waals surface area contributed by atoms with E-state index in [9.17, 15) is 13.2 Å². The minimum absolute atomic E-state index is 0.0657. The van der Waals surface area contributed by atoms with Gasteiger partial charge in [-0.1, -0.05) is 34.7 Å². The van der Waals surface area contributed by atoms with Crippen LogP contribution in [0.25, 0.3) is 10.9 Å². The fraction of sp³-hybridized carbons (Fsp3) is 0.423. The zero-order chi connectivity index (χ0) is 27.0. The molecular formula is C26H32IN3O6S. The number of aryl methyl sites for hydroxylation is 1. The van der Waals surface area contributed by atoms with E-state index in [1.54, 1.807) is 12.1 Å². The highest BCUT2D eigenvalue weighted by molar-refractivity contribution is 14.1. The van der Waals surface area contributed by atoms with Crippen LogP contribution < -0.4 is 19.5 Å². The van der Waals surface area contributed by atoms with Crippen LogP contribution in [-0.4, -0.2) is 51.6 Å². The molecule has 0 spiro atoms. The van der Waals surface area contributed by atoms with Gasteiger partial charge in [-0.3, -0.25) is 9.52 Å². The van der Waals surface area contributed by atoms with Crippen molar-refractivity contribution in [2.75, 3.05) is 36.6 Å². The number of nitrogens with zero attached hydrogens (tertiary/aromatic N) is 1. The minimum atomic E-state index is -3.58. The smallest absolute Gasteiger partial charge is 0.272 e. The lowest BCUT2D eigenvalue weighted by Crippen LogP contribution is -2.26. The number of anilines is 2. The van der Waals surface area contributed by atoms with Gasteiger partial charge in [0, 0.05) is 28.7 Å². The molecule has 1 aromatic heterocycles. The van der Waals surface area contributed by atoms with Crippen molar-refractivity contribution >= 4 is 60.8 Å². The van der Waals surface area contributed by atoms with Gasteiger partial charge in [0.2, 0.25) is 10.0 Å². The summed E-state index contributed by atoms with van der Waals surface area (Å²) in [4.78, 5) is 13.5. The summed E-state index contributed by atoms with van der Waals surface area (Å²) in [7, 11) is -0.321. The first-order chi connectivity index (χ1) is 17.4. The van der Waals surface area contributed by atoms with Crippen LogP contribution in [0.1, 0.15) is 42.7 Å². The van der Waals surface area contributed by atoms with Gasteiger partial charge in [0.15, 0.2) is 5.75 Å². The molecule has 1 fully saturated rings. The van der Waals surface area contributed by atoms with Gasteiger partial charge in [-0.25, -0.2) is 8.42 Å². The summed E-state index contributed by atoms with van der Waals surface area (Å²) >= 11 is 2.27. The molecule has 0 radical (unpaired) electrons. The summed E-state index contributed by atoms with van der Waals surface area (Å²) in [5, 5.41) is 3.82. The van der Waals surface area contributed by atoms with Crippen LogP contribution in [0.2, 0.25) is 0 Å². The summed E-state index contributed by atoms with van der Waals surface area (Å²) in [6, 6.07) is 11.1. The molecule has 1 aliphatic heterocycles. The molecule has 3 aromatic rings. The first kappa shape index (κ1) is 27.5. The monoisotopic (exact) mass is 641 g/mol. The number of carbonyl (C=O) groups is 1. The number of amides is 1. The normalized spacial score (nSPS) is 15.0. The predicted octanol–water partition coefficient (Wildman–Crippen LogP) is 5.04. The van der Waals surface area contributed by atoms with E-state index in [1.165, 1.54) is 7.11 Å². The Bertz CT molecular complexity index is 1420. The first-order valence-electron chi connectivity index (χ1n) is 11.9. The zero-order valence-corrected chi connectivity index (χ0v) is 24.5. The Labute approximate surface area is 231 Å². The molecule has 0 atom stereocenters. The van der Waals surface area contributed by atoms with Crippen LogP contribution in [-0.2, 0) is 25.2 Å². The summed E-state index contributed by atoms with van der Waals surface area (Å²) in [5.74, 6) is 0.588. The van der Waals surface area contributed by atoms with Crippen molar-refractivity contribution < 1.29 is 27.4 Å². The zero-order valence-electron chi connectivity index (χ0n) is 21.6. The predicted molar refractivity (Wildman–Crippen MR) is 154 cm³/mol.